The molecule has 0 spiro atoms. The molecular weight excluding hydrogens is 576 g/mol. The average molecular weight is 625 g/mol. The minimum atomic E-state index is -0.591. The molecule has 2 saturated heterocycles. The van der Waals surface area contributed by atoms with Crippen molar-refractivity contribution in [3.63, 3.8) is 0 Å². The zero-order valence-corrected chi connectivity index (χ0v) is 27.7. The lowest BCUT2D eigenvalue weighted by molar-refractivity contribution is 0.0470. The Balaban J connectivity index is 1.05. The van der Waals surface area contributed by atoms with Crippen LogP contribution in [0.1, 0.15) is 52.0 Å². The summed E-state index contributed by atoms with van der Waals surface area (Å²) in [6.07, 6.45) is 6.15. The fourth-order valence-corrected chi connectivity index (χ4v) is 6.55. The molecule has 2 aliphatic heterocycles. The summed E-state index contributed by atoms with van der Waals surface area (Å²) in [7, 11) is 1.62. The van der Waals surface area contributed by atoms with Crippen LogP contribution in [0.5, 0.6) is 23.0 Å². The molecule has 2 N–H and O–H groups in total. The van der Waals surface area contributed by atoms with Crippen LogP contribution in [-0.2, 0) is 5.41 Å². The summed E-state index contributed by atoms with van der Waals surface area (Å²) in [5.41, 5.74) is 4.17. The number of hydrogen-bond donors (Lipinski definition) is 2. The lowest BCUT2D eigenvalue weighted by Crippen LogP contribution is -2.46. The van der Waals surface area contributed by atoms with Gasteiger partial charge in [0, 0.05) is 41.6 Å². The summed E-state index contributed by atoms with van der Waals surface area (Å²) in [6.45, 7) is 12.0. The number of methoxy groups -OCH3 is 1. The van der Waals surface area contributed by atoms with Crippen molar-refractivity contribution in [2.75, 3.05) is 51.8 Å². The van der Waals surface area contributed by atoms with Crippen molar-refractivity contribution < 1.29 is 19.3 Å². The van der Waals surface area contributed by atoms with Gasteiger partial charge in [0.2, 0.25) is 0 Å². The van der Waals surface area contributed by atoms with E-state index < -0.39 is 6.10 Å². The Kier molecular flexibility index (Phi) is 9.97. The largest absolute Gasteiger partial charge is 0.493 e. The zero-order chi connectivity index (χ0) is 32.1. The predicted molar refractivity (Wildman–Crippen MR) is 185 cm³/mol. The molecule has 0 saturated carbocycles. The molecule has 3 aromatic carbocycles. The molecule has 46 heavy (non-hydrogen) atoms. The number of aliphatic hydroxyl groups is 1. The molecule has 8 nitrogen and oxygen atoms in total. The zero-order valence-electron chi connectivity index (χ0n) is 27.7. The van der Waals surface area contributed by atoms with Crippen LogP contribution < -0.4 is 19.5 Å². The Morgan fingerprint density at radius 2 is 1.54 bits per heavy atom. The van der Waals surface area contributed by atoms with E-state index in [1.165, 1.54) is 44.3 Å². The molecule has 1 aromatic heterocycles. The fraction of sp³-hybridized carbons (Fsp3) is 0.447. The number of pyridine rings is 1. The minimum Gasteiger partial charge on any atom is -0.493 e. The topological polar surface area (TPSA) is 79.3 Å². The first-order valence-electron chi connectivity index (χ1n) is 16.6. The Bertz CT molecular complexity index is 1570. The van der Waals surface area contributed by atoms with E-state index in [1.807, 2.05) is 42.5 Å². The number of β-amino-alcohol motifs (C(OH)–C–C–N with tert-alkyl or cyclic N) is 1. The van der Waals surface area contributed by atoms with Crippen LogP contribution in [0.2, 0.25) is 0 Å². The van der Waals surface area contributed by atoms with Gasteiger partial charge in [-0.05, 0) is 111 Å². The fourth-order valence-electron chi connectivity index (χ4n) is 6.55. The van der Waals surface area contributed by atoms with Gasteiger partial charge in [-0.3, -0.25) is 4.98 Å². The number of rotatable bonds is 11. The minimum absolute atomic E-state index is 0.125. The number of nitrogens with zero attached hydrogens (tertiary/aromatic N) is 3. The highest BCUT2D eigenvalue weighted by molar-refractivity contribution is 5.88. The number of anilines is 2. The highest BCUT2D eigenvalue weighted by atomic mass is 16.5. The van der Waals surface area contributed by atoms with Gasteiger partial charge in [-0.25, -0.2) is 0 Å². The monoisotopic (exact) mass is 624 g/mol. The van der Waals surface area contributed by atoms with Gasteiger partial charge in [0.15, 0.2) is 11.5 Å². The predicted octanol–water partition coefficient (Wildman–Crippen LogP) is 7.38. The first kappa shape index (κ1) is 32.1. The van der Waals surface area contributed by atoms with Gasteiger partial charge in [0.05, 0.1) is 12.6 Å². The molecule has 0 radical (unpaired) electrons. The van der Waals surface area contributed by atoms with E-state index in [0.717, 1.165) is 35.4 Å². The number of benzene rings is 3. The molecule has 8 heteroatoms. The summed E-state index contributed by atoms with van der Waals surface area (Å²) in [5.74, 6) is 2.51. The average Bonchev–Trinajstić information content (AvgIpc) is 3.60. The van der Waals surface area contributed by atoms with Gasteiger partial charge in [0.1, 0.15) is 24.2 Å². The third-order valence-corrected chi connectivity index (χ3v) is 9.22. The number of ether oxygens (including phenoxy) is 3. The summed E-state index contributed by atoms with van der Waals surface area (Å²) in [6, 6.07) is 22.8. The molecule has 1 atom stereocenters. The van der Waals surface area contributed by atoms with Crippen molar-refractivity contribution in [3.8, 4) is 23.0 Å². The van der Waals surface area contributed by atoms with E-state index >= 15 is 0 Å². The summed E-state index contributed by atoms with van der Waals surface area (Å²) >= 11 is 0. The van der Waals surface area contributed by atoms with Crippen molar-refractivity contribution in [1.29, 1.82) is 0 Å². The van der Waals surface area contributed by atoms with Crippen molar-refractivity contribution in [2.24, 2.45) is 0 Å². The van der Waals surface area contributed by atoms with Crippen molar-refractivity contribution >= 4 is 22.3 Å². The van der Waals surface area contributed by atoms with E-state index in [1.54, 1.807) is 13.3 Å². The maximum Gasteiger partial charge on any atom is 0.163 e. The Hall–Kier alpha value is -3.85. The van der Waals surface area contributed by atoms with Gasteiger partial charge in [0.25, 0.3) is 0 Å². The maximum atomic E-state index is 10.8. The lowest BCUT2D eigenvalue weighted by Gasteiger charge is -2.37. The number of piperidine rings is 1. The Labute approximate surface area is 273 Å². The number of fused-ring (bicyclic) bond motifs is 1. The molecule has 6 rings (SSSR count). The molecule has 3 heterocycles. The molecule has 2 aliphatic rings. The van der Waals surface area contributed by atoms with E-state index in [-0.39, 0.29) is 12.0 Å². The third kappa shape index (κ3) is 7.92. The van der Waals surface area contributed by atoms with Crippen LogP contribution >= 0.6 is 0 Å². The molecule has 0 amide bonds. The SMILES string of the molecule is COc1cc2c(Oc3ccc(Nc4ccc(C(C)(C)C)cc4)cc3)ccnc2cc1OCC(O)CN1CCC(N2CCCC2)CC1. The lowest BCUT2D eigenvalue weighted by atomic mass is 9.87. The first-order chi connectivity index (χ1) is 22.2. The number of likely N-dealkylation sites (tertiary alicyclic amines) is 2. The smallest absolute Gasteiger partial charge is 0.163 e. The van der Waals surface area contributed by atoms with Crippen LogP contribution in [0.3, 0.4) is 0 Å². The maximum absolute atomic E-state index is 10.8. The van der Waals surface area contributed by atoms with E-state index in [9.17, 15) is 5.11 Å². The highest BCUT2D eigenvalue weighted by Crippen LogP contribution is 2.37. The quantitative estimate of drug-likeness (QED) is 0.179. The third-order valence-electron chi connectivity index (χ3n) is 9.22. The van der Waals surface area contributed by atoms with Gasteiger partial charge < -0.3 is 34.4 Å². The van der Waals surface area contributed by atoms with E-state index in [4.69, 9.17) is 14.2 Å². The van der Waals surface area contributed by atoms with Crippen LogP contribution in [-0.4, -0.2) is 78.5 Å². The number of nitrogens with one attached hydrogen (secondary N) is 1. The molecular formula is C38H48N4O4. The molecule has 1 unspecified atom stereocenters. The van der Waals surface area contributed by atoms with Crippen molar-refractivity contribution in [1.82, 2.24) is 14.8 Å². The van der Waals surface area contributed by atoms with E-state index in [0.29, 0.717) is 35.6 Å². The molecule has 2 fully saturated rings. The molecule has 0 aliphatic carbocycles. The number of hydrogen-bond acceptors (Lipinski definition) is 8. The van der Waals surface area contributed by atoms with Crippen LogP contribution in [0.4, 0.5) is 11.4 Å². The van der Waals surface area contributed by atoms with Crippen LogP contribution in [0, 0.1) is 0 Å². The normalized spacial score (nSPS) is 17.2. The second kappa shape index (κ2) is 14.3. The first-order valence-corrected chi connectivity index (χ1v) is 16.6. The van der Waals surface area contributed by atoms with Crippen LogP contribution in [0.25, 0.3) is 10.9 Å². The Morgan fingerprint density at radius 3 is 2.20 bits per heavy atom. The summed E-state index contributed by atoms with van der Waals surface area (Å²) in [5, 5.41) is 15.1. The molecule has 244 valence electrons. The van der Waals surface area contributed by atoms with E-state index in [2.05, 4.69) is 65.1 Å². The second-order valence-corrected chi connectivity index (χ2v) is 13.6. The van der Waals surface area contributed by atoms with Gasteiger partial charge >= 0.3 is 0 Å². The van der Waals surface area contributed by atoms with Crippen molar-refractivity contribution in [3.05, 3.63) is 78.5 Å². The standard InChI is InChI=1S/C38H48N4O4/c1-38(2,3)27-7-9-28(10-8-27)40-29-11-13-32(14-12-29)46-35-15-18-39-34-24-37(36(44-4)23-33(34)35)45-26-31(43)25-41-21-16-30(17-22-41)42-19-5-6-20-42/h7-15,18,23-24,30-31,40,43H,5-6,16-17,19-22,25-26H2,1-4H3. The van der Waals surface area contributed by atoms with Gasteiger partial charge in [-0.2, -0.15) is 0 Å². The van der Waals surface area contributed by atoms with Crippen LogP contribution in [0.15, 0.2) is 72.9 Å². The summed E-state index contributed by atoms with van der Waals surface area (Å²) in [4.78, 5) is 9.57. The highest BCUT2D eigenvalue weighted by Gasteiger charge is 2.27. The van der Waals surface area contributed by atoms with Crippen molar-refractivity contribution in [2.45, 2.75) is 64.0 Å². The molecule has 0 bridgehead atoms. The molecule has 4 aromatic rings. The number of aromatic nitrogens is 1. The number of aliphatic hydroxyl groups excluding tert-OH is 1. The van der Waals surface area contributed by atoms with Gasteiger partial charge in [-0.15, -0.1) is 0 Å². The Morgan fingerprint density at radius 1 is 0.870 bits per heavy atom. The van der Waals surface area contributed by atoms with Gasteiger partial charge in [-0.1, -0.05) is 32.9 Å². The second-order valence-electron chi connectivity index (χ2n) is 13.6. The summed E-state index contributed by atoms with van der Waals surface area (Å²) < 4.78 is 18.1.